The Morgan fingerprint density at radius 2 is 1.45 bits per heavy atom. The van der Waals surface area contributed by atoms with E-state index in [4.69, 9.17) is 23.2 Å². The summed E-state index contributed by atoms with van der Waals surface area (Å²) in [6.45, 7) is 5.92. The van der Waals surface area contributed by atoms with E-state index in [2.05, 4.69) is 5.32 Å². The van der Waals surface area contributed by atoms with Gasteiger partial charge in [0.15, 0.2) is 0 Å². The lowest BCUT2D eigenvalue weighted by Gasteiger charge is -2.35. The van der Waals surface area contributed by atoms with Gasteiger partial charge in [-0.3, -0.25) is 13.9 Å². The predicted molar refractivity (Wildman–Crippen MR) is 186 cm³/mol. The number of aryl methyl sites for hydroxylation is 1. The molecular formula is C36H36Cl2F3N3O4S. The Bertz CT molecular complexity index is 1900. The van der Waals surface area contributed by atoms with Crippen molar-refractivity contribution in [3.05, 3.63) is 129 Å². The summed E-state index contributed by atoms with van der Waals surface area (Å²) in [6.07, 6.45) is -4.87. The second-order valence-electron chi connectivity index (χ2n) is 12.5. The minimum absolute atomic E-state index is 0.0445. The van der Waals surface area contributed by atoms with Crippen molar-refractivity contribution in [1.29, 1.82) is 0 Å². The largest absolute Gasteiger partial charge is 0.417 e. The molecule has 49 heavy (non-hydrogen) atoms. The van der Waals surface area contributed by atoms with Gasteiger partial charge in [-0.05, 0) is 75.2 Å². The monoisotopic (exact) mass is 733 g/mol. The van der Waals surface area contributed by atoms with Gasteiger partial charge in [0.25, 0.3) is 10.0 Å². The quantitative estimate of drug-likeness (QED) is 0.169. The fraction of sp³-hybridized carbons (Fsp3) is 0.278. The molecule has 4 aromatic carbocycles. The number of anilines is 1. The number of alkyl halides is 3. The first-order valence-electron chi connectivity index (χ1n) is 15.2. The molecule has 0 unspecified atom stereocenters. The van der Waals surface area contributed by atoms with Crippen LogP contribution in [0, 0.1) is 6.92 Å². The molecule has 0 aliphatic carbocycles. The first-order valence-corrected chi connectivity index (χ1v) is 17.4. The topological polar surface area (TPSA) is 86.8 Å². The summed E-state index contributed by atoms with van der Waals surface area (Å²) < 4.78 is 70.9. The highest BCUT2D eigenvalue weighted by Crippen LogP contribution is 2.38. The third-order valence-corrected chi connectivity index (χ3v) is 9.99. The van der Waals surface area contributed by atoms with Gasteiger partial charge in [-0.1, -0.05) is 89.4 Å². The minimum Gasteiger partial charge on any atom is -0.350 e. The summed E-state index contributed by atoms with van der Waals surface area (Å²) in [5.74, 6) is -1.38. The number of nitrogens with one attached hydrogen (secondary N) is 1. The highest BCUT2D eigenvalue weighted by atomic mass is 35.5. The Kier molecular flexibility index (Phi) is 11.7. The summed E-state index contributed by atoms with van der Waals surface area (Å²) in [4.78, 5) is 29.5. The second kappa shape index (κ2) is 15.2. The summed E-state index contributed by atoms with van der Waals surface area (Å²) in [5, 5.41) is 2.57. The second-order valence-corrected chi connectivity index (χ2v) is 15.2. The van der Waals surface area contributed by atoms with E-state index < -0.39 is 62.4 Å². The molecule has 13 heteroatoms. The molecule has 7 nitrogen and oxygen atoms in total. The molecule has 1 atom stereocenters. The molecule has 0 aromatic heterocycles. The van der Waals surface area contributed by atoms with Crippen molar-refractivity contribution in [2.24, 2.45) is 0 Å². The van der Waals surface area contributed by atoms with Crippen molar-refractivity contribution in [1.82, 2.24) is 10.2 Å². The van der Waals surface area contributed by atoms with Crippen LogP contribution in [0.3, 0.4) is 0 Å². The van der Waals surface area contributed by atoms with E-state index in [1.165, 1.54) is 29.2 Å². The number of hydrogen-bond donors (Lipinski definition) is 1. The van der Waals surface area contributed by atoms with Crippen LogP contribution in [0.15, 0.2) is 102 Å². The maximum atomic E-state index is 14.6. The van der Waals surface area contributed by atoms with Crippen LogP contribution in [-0.4, -0.2) is 43.3 Å². The number of nitrogens with zero attached hydrogens (tertiary/aromatic N) is 2. The third-order valence-electron chi connectivity index (χ3n) is 7.50. The van der Waals surface area contributed by atoms with Crippen LogP contribution in [0.4, 0.5) is 18.9 Å². The number of sulfonamides is 1. The van der Waals surface area contributed by atoms with E-state index in [9.17, 15) is 31.2 Å². The Balaban J connectivity index is 1.89. The Labute approximate surface area is 294 Å². The standard InChI is InChI=1S/C36H36Cl2F3N3O4S/c1-24-14-17-28(18-15-24)49(47,48)44(27-16-19-31(38)29(21-27)36(39,40)41)23-33(45)43(22-26-12-8-9-13-30(26)37)32(34(46)42-35(2,3)4)20-25-10-6-5-7-11-25/h5-19,21,32H,20,22-23H2,1-4H3,(H,42,46)/t32-/m1/s1. The summed E-state index contributed by atoms with van der Waals surface area (Å²) in [6, 6.07) is 22.7. The summed E-state index contributed by atoms with van der Waals surface area (Å²) in [7, 11) is -4.64. The van der Waals surface area contributed by atoms with Crippen LogP contribution in [-0.2, 0) is 38.8 Å². The number of rotatable bonds is 11. The molecular weight excluding hydrogens is 698 g/mol. The first-order chi connectivity index (χ1) is 22.9. The number of carbonyl (C=O) groups is 2. The van der Waals surface area contributed by atoms with Crippen LogP contribution < -0.4 is 9.62 Å². The van der Waals surface area contributed by atoms with Gasteiger partial charge in [0.05, 0.1) is 21.2 Å². The maximum absolute atomic E-state index is 14.6. The maximum Gasteiger partial charge on any atom is 0.417 e. The van der Waals surface area contributed by atoms with Gasteiger partial charge in [-0.25, -0.2) is 8.42 Å². The number of amides is 2. The molecule has 260 valence electrons. The van der Waals surface area contributed by atoms with E-state index in [0.29, 0.717) is 26.5 Å². The Morgan fingerprint density at radius 3 is 2.04 bits per heavy atom. The van der Waals surface area contributed by atoms with Crippen molar-refractivity contribution in [2.45, 2.75) is 63.3 Å². The lowest BCUT2D eigenvalue weighted by atomic mass is 10.0. The van der Waals surface area contributed by atoms with Gasteiger partial charge in [0.1, 0.15) is 12.6 Å². The lowest BCUT2D eigenvalue weighted by molar-refractivity contribution is -0.140. The molecule has 4 rings (SSSR count). The summed E-state index contributed by atoms with van der Waals surface area (Å²) in [5.41, 5.74) is -0.497. The summed E-state index contributed by atoms with van der Waals surface area (Å²) >= 11 is 12.4. The molecule has 0 spiro atoms. The van der Waals surface area contributed by atoms with Gasteiger partial charge in [0, 0.05) is 23.5 Å². The fourth-order valence-electron chi connectivity index (χ4n) is 5.07. The van der Waals surface area contributed by atoms with Crippen LogP contribution in [0.5, 0.6) is 0 Å². The molecule has 0 bridgehead atoms. The first kappa shape index (κ1) is 37.8. The third kappa shape index (κ3) is 9.77. The zero-order chi connectivity index (χ0) is 36.1. The van der Waals surface area contributed by atoms with Crippen LogP contribution in [0.1, 0.15) is 43.0 Å². The highest BCUT2D eigenvalue weighted by Gasteiger charge is 2.38. The molecule has 1 N–H and O–H groups in total. The van der Waals surface area contributed by atoms with Crippen molar-refractivity contribution >= 4 is 50.7 Å². The lowest BCUT2D eigenvalue weighted by Crippen LogP contribution is -2.56. The van der Waals surface area contributed by atoms with Crippen molar-refractivity contribution < 1.29 is 31.2 Å². The normalized spacial score (nSPS) is 12.7. The number of benzene rings is 4. The molecule has 0 saturated heterocycles. The van der Waals surface area contributed by atoms with E-state index in [1.54, 1.807) is 82.3 Å². The zero-order valence-electron chi connectivity index (χ0n) is 27.3. The Hall–Kier alpha value is -4.06. The molecule has 0 aliphatic rings. The zero-order valence-corrected chi connectivity index (χ0v) is 29.6. The molecule has 0 radical (unpaired) electrons. The SMILES string of the molecule is Cc1ccc(S(=O)(=O)N(CC(=O)N(Cc2ccccc2Cl)[C@H](Cc2ccccc2)C(=O)NC(C)(C)C)c2ccc(Cl)c(C(F)(F)F)c2)cc1. The van der Waals surface area contributed by atoms with Gasteiger partial charge in [0.2, 0.25) is 11.8 Å². The smallest absolute Gasteiger partial charge is 0.350 e. The van der Waals surface area contributed by atoms with Crippen LogP contribution >= 0.6 is 23.2 Å². The number of halogens is 5. The van der Waals surface area contributed by atoms with Crippen LogP contribution in [0.25, 0.3) is 0 Å². The van der Waals surface area contributed by atoms with E-state index in [1.807, 2.05) is 0 Å². The van der Waals surface area contributed by atoms with Gasteiger partial charge in [-0.2, -0.15) is 13.2 Å². The molecule has 0 saturated carbocycles. The molecule has 0 heterocycles. The predicted octanol–water partition coefficient (Wildman–Crippen LogP) is 8.07. The molecule has 0 fully saturated rings. The number of hydrogen-bond acceptors (Lipinski definition) is 4. The van der Waals surface area contributed by atoms with Crippen molar-refractivity contribution in [3.63, 3.8) is 0 Å². The van der Waals surface area contributed by atoms with Crippen LogP contribution in [0.2, 0.25) is 10.0 Å². The van der Waals surface area contributed by atoms with Gasteiger partial charge < -0.3 is 10.2 Å². The van der Waals surface area contributed by atoms with Crippen molar-refractivity contribution in [2.75, 3.05) is 10.8 Å². The molecule has 0 aliphatic heterocycles. The van der Waals surface area contributed by atoms with Gasteiger partial charge in [-0.15, -0.1) is 0 Å². The fourth-order valence-corrected chi connectivity index (χ4v) is 6.90. The van der Waals surface area contributed by atoms with Gasteiger partial charge >= 0.3 is 6.18 Å². The molecule has 2 amide bonds. The van der Waals surface area contributed by atoms with E-state index >= 15 is 0 Å². The van der Waals surface area contributed by atoms with E-state index in [-0.39, 0.29) is 17.9 Å². The highest BCUT2D eigenvalue weighted by molar-refractivity contribution is 7.92. The number of carbonyl (C=O) groups excluding carboxylic acids is 2. The van der Waals surface area contributed by atoms with Crippen molar-refractivity contribution in [3.8, 4) is 0 Å². The minimum atomic E-state index is -4.92. The Morgan fingerprint density at radius 1 is 0.837 bits per heavy atom. The average molecular weight is 735 g/mol. The average Bonchev–Trinajstić information content (AvgIpc) is 3.02. The van der Waals surface area contributed by atoms with E-state index in [0.717, 1.165) is 17.7 Å². The molecule has 4 aromatic rings.